The van der Waals surface area contributed by atoms with Gasteiger partial charge in [0.15, 0.2) is 0 Å². The molecule has 0 spiro atoms. The number of aromatic hydroxyl groups is 1. The fourth-order valence-electron chi connectivity index (χ4n) is 2.66. The molecule has 0 heterocycles. The maximum Gasteiger partial charge on any atom is 0.132 e. The van der Waals surface area contributed by atoms with Crippen LogP contribution in [0.3, 0.4) is 0 Å². The summed E-state index contributed by atoms with van der Waals surface area (Å²) < 4.78 is 0. The molecule has 0 aromatic heterocycles. The molecule has 0 bridgehead atoms. The molecule has 2 nitrogen and oxygen atoms in total. The SMILES string of the molecule is Cc1cccc(C)c1/N=C/c1cccc(-c2ccccc2)c1O. The lowest BCUT2D eigenvalue weighted by Crippen LogP contribution is -1.87. The van der Waals surface area contributed by atoms with Crippen molar-refractivity contribution in [1.82, 2.24) is 0 Å². The van der Waals surface area contributed by atoms with Crippen LogP contribution in [0.25, 0.3) is 11.1 Å². The van der Waals surface area contributed by atoms with Crippen molar-refractivity contribution < 1.29 is 5.11 Å². The third kappa shape index (κ3) is 3.16. The van der Waals surface area contributed by atoms with E-state index in [1.807, 2.05) is 80.6 Å². The van der Waals surface area contributed by atoms with Crippen LogP contribution in [0.4, 0.5) is 5.69 Å². The lowest BCUT2D eigenvalue weighted by molar-refractivity contribution is 0.476. The van der Waals surface area contributed by atoms with Crippen LogP contribution in [0.5, 0.6) is 5.75 Å². The van der Waals surface area contributed by atoms with Gasteiger partial charge in [-0.05, 0) is 36.6 Å². The van der Waals surface area contributed by atoms with E-state index in [9.17, 15) is 5.11 Å². The molecule has 0 aliphatic carbocycles. The third-order valence-electron chi connectivity index (χ3n) is 3.92. The van der Waals surface area contributed by atoms with E-state index in [0.717, 1.165) is 27.9 Å². The number of hydrogen-bond donors (Lipinski definition) is 1. The summed E-state index contributed by atoms with van der Waals surface area (Å²) in [7, 11) is 0. The van der Waals surface area contributed by atoms with Gasteiger partial charge in [0.1, 0.15) is 5.75 Å². The molecule has 0 unspecified atom stereocenters. The summed E-state index contributed by atoms with van der Waals surface area (Å²) in [4.78, 5) is 4.59. The Morgan fingerprint density at radius 3 is 2.13 bits per heavy atom. The van der Waals surface area contributed by atoms with Crippen molar-refractivity contribution in [2.45, 2.75) is 13.8 Å². The highest BCUT2D eigenvalue weighted by Gasteiger charge is 2.07. The third-order valence-corrected chi connectivity index (χ3v) is 3.92. The Morgan fingerprint density at radius 1 is 0.783 bits per heavy atom. The van der Waals surface area contributed by atoms with E-state index in [2.05, 4.69) is 4.99 Å². The highest BCUT2D eigenvalue weighted by molar-refractivity contribution is 5.90. The summed E-state index contributed by atoms with van der Waals surface area (Å²) in [6.07, 6.45) is 1.73. The fourth-order valence-corrected chi connectivity index (χ4v) is 2.66. The molecule has 23 heavy (non-hydrogen) atoms. The van der Waals surface area contributed by atoms with Crippen molar-refractivity contribution in [3.8, 4) is 16.9 Å². The number of para-hydroxylation sites is 2. The van der Waals surface area contributed by atoms with E-state index >= 15 is 0 Å². The minimum atomic E-state index is 0.258. The standard InChI is InChI=1S/C21H19NO/c1-15-8-6-9-16(2)20(15)22-14-18-12-7-13-19(21(18)23)17-10-4-3-5-11-17/h3-14,23H,1-2H3/b22-14+. The molecule has 3 rings (SSSR count). The van der Waals surface area contributed by atoms with E-state index in [-0.39, 0.29) is 5.75 Å². The van der Waals surface area contributed by atoms with Crippen LogP contribution >= 0.6 is 0 Å². The van der Waals surface area contributed by atoms with Gasteiger partial charge in [-0.3, -0.25) is 4.99 Å². The number of rotatable bonds is 3. The van der Waals surface area contributed by atoms with Gasteiger partial charge in [0.05, 0.1) is 5.69 Å². The molecule has 0 saturated heterocycles. The van der Waals surface area contributed by atoms with Crippen molar-refractivity contribution in [1.29, 1.82) is 0 Å². The monoisotopic (exact) mass is 301 g/mol. The Morgan fingerprint density at radius 2 is 1.43 bits per heavy atom. The average Bonchev–Trinajstić information content (AvgIpc) is 2.56. The second-order valence-corrected chi connectivity index (χ2v) is 5.61. The quantitative estimate of drug-likeness (QED) is 0.643. The fraction of sp³-hybridized carbons (Fsp3) is 0.0952. The normalized spacial score (nSPS) is 11.0. The van der Waals surface area contributed by atoms with Gasteiger partial charge in [-0.25, -0.2) is 0 Å². The van der Waals surface area contributed by atoms with Crippen LogP contribution in [0.1, 0.15) is 16.7 Å². The van der Waals surface area contributed by atoms with Crippen LogP contribution in [0.15, 0.2) is 71.7 Å². The van der Waals surface area contributed by atoms with Crippen LogP contribution < -0.4 is 0 Å². The first kappa shape index (κ1) is 15.0. The first-order valence-electron chi connectivity index (χ1n) is 7.64. The van der Waals surface area contributed by atoms with Crippen molar-refractivity contribution in [2.75, 3.05) is 0 Å². The van der Waals surface area contributed by atoms with Gasteiger partial charge in [-0.1, -0.05) is 60.7 Å². The topological polar surface area (TPSA) is 32.6 Å². The number of nitrogens with zero attached hydrogens (tertiary/aromatic N) is 1. The molecule has 0 atom stereocenters. The van der Waals surface area contributed by atoms with Crippen LogP contribution in [0.2, 0.25) is 0 Å². The molecule has 1 N–H and O–H groups in total. The van der Waals surface area contributed by atoms with E-state index in [4.69, 9.17) is 0 Å². The Kier molecular flexibility index (Phi) is 4.24. The van der Waals surface area contributed by atoms with Crippen molar-refractivity contribution in [3.05, 3.63) is 83.4 Å². The van der Waals surface area contributed by atoms with E-state index in [1.165, 1.54) is 0 Å². The molecule has 3 aromatic rings. The molecule has 0 radical (unpaired) electrons. The first-order chi connectivity index (χ1) is 11.2. The molecule has 0 fully saturated rings. The van der Waals surface area contributed by atoms with Crippen molar-refractivity contribution >= 4 is 11.9 Å². The molecule has 0 amide bonds. The summed E-state index contributed by atoms with van der Waals surface area (Å²) >= 11 is 0. The van der Waals surface area contributed by atoms with Crippen LogP contribution in [-0.4, -0.2) is 11.3 Å². The predicted octanol–water partition coefficient (Wildman–Crippen LogP) is 5.43. The number of phenols is 1. The Hall–Kier alpha value is -2.87. The number of aryl methyl sites for hydroxylation is 2. The van der Waals surface area contributed by atoms with E-state index < -0.39 is 0 Å². The predicted molar refractivity (Wildman–Crippen MR) is 96.7 cm³/mol. The summed E-state index contributed by atoms with van der Waals surface area (Å²) in [5, 5.41) is 10.6. The second kappa shape index (κ2) is 6.49. The zero-order chi connectivity index (χ0) is 16.2. The number of phenolic OH excluding ortho intramolecular Hbond substituents is 1. The number of hydrogen-bond acceptors (Lipinski definition) is 2. The van der Waals surface area contributed by atoms with Crippen LogP contribution in [-0.2, 0) is 0 Å². The van der Waals surface area contributed by atoms with Crippen molar-refractivity contribution in [2.24, 2.45) is 4.99 Å². The zero-order valence-corrected chi connectivity index (χ0v) is 13.3. The molecule has 3 aromatic carbocycles. The smallest absolute Gasteiger partial charge is 0.132 e. The number of aliphatic imine (C=N–C) groups is 1. The molecule has 0 aliphatic heterocycles. The summed E-state index contributed by atoms with van der Waals surface area (Å²) in [6.45, 7) is 4.08. The summed E-state index contributed by atoms with van der Waals surface area (Å²) in [5.41, 5.74) is 5.73. The van der Waals surface area contributed by atoms with Crippen molar-refractivity contribution in [3.63, 3.8) is 0 Å². The highest BCUT2D eigenvalue weighted by atomic mass is 16.3. The van der Waals surface area contributed by atoms with Gasteiger partial charge >= 0.3 is 0 Å². The first-order valence-corrected chi connectivity index (χ1v) is 7.64. The largest absolute Gasteiger partial charge is 0.507 e. The maximum atomic E-state index is 10.6. The molecular formula is C21H19NO. The van der Waals surface area contributed by atoms with E-state index in [1.54, 1.807) is 6.21 Å². The van der Waals surface area contributed by atoms with Gasteiger partial charge in [0.25, 0.3) is 0 Å². The zero-order valence-electron chi connectivity index (χ0n) is 13.3. The molecule has 0 saturated carbocycles. The summed E-state index contributed by atoms with van der Waals surface area (Å²) in [5.74, 6) is 0.258. The molecule has 114 valence electrons. The van der Waals surface area contributed by atoms with Gasteiger partial charge in [0.2, 0.25) is 0 Å². The summed E-state index contributed by atoms with van der Waals surface area (Å²) in [6, 6.07) is 21.7. The second-order valence-electron chi connectivity index (χ2n) is 5.61. The average molecular weight is 301 g/mol. The van der Waals surface area contributed by atoms with Gasteiger partial charge < -0.3 is 5.11 Å². The van der Waals surface area contributed by atoms with Gasteiger partial charge in [-0.15, -0.1) is 0 Å². The van der Waals surface area contributed by atoms with Gasteiger partial charge in [0, 0.05) is 17.3 Å². The Bertz CT molecular complexity index is 831. The lowest BCUT2D eigenvalue weighted by Gasteiger charge is -2.08. The van der Waals surface area contributed by atoms with Gasteiger partial charge in [-0.2, -0.15) is 0 Å². The molecule has 2 heteroatoms. The van der Waals surface area contributed by atoms with Crippen LogP contribution in [0, 0.1) is 13.8 Å². The number of benzene rings is 3. The lowest BCUT2D eigenvalue weighted by atomic mass is 10.0. The minimum absolute atomic E-state index is 0.258. The minimum Gasteiger partial charge on any atom is -0.507 e. The Balaban J connectivity index is 2.00. The maximum absolute atomic E-state index is 10.6. The highest BCUT2D eigenvalue weighted by Crippen LogP contribution is 2.32. The molecule has 0 aliphatic rings. The molecular weight excluding hydrogens is 282 g/mol. The Labute approximate surface area is 136 Å². The van der Waals surface area contributed by atoms with E-state index in [0.29, 0.717) is 5.56 Å².